The molecule has 104 valence electrons. The maximum absolute atomic E-state index is 11.2. The van der Waals surface area contributed by atoms with Gasteiger partial charge in [0.15, 0.2) is 0 Å². The van der Waals surface area contributed by atoms with E-state index < -0.39 is 10.0 Å². The minimum atomic E-state index is -3.12. The molecule has 0 radical (unpaired) electrons. The largest absolute Gasteiger partial charge is 0.385 e. The molecule has 0 spiro atoms. The van der Waals surface area contributed by atoms with E-state index in [4.69, 9.17) is 16.9 Å². The summed E-state index contributed by atoms with van der Waals surface area (Å²) < 4.78 is 24.8. The Morgan fingerprint density at radius 3 is 2.68 bits per heavy atom. The summed E-state index contributed by atoms with van der Waals surface area (Å²) in [5.41, 5.74) is 1.24. The molecule has 1 rings (SSSR count). The first-order chi connectivity index (χ1) is 8.98. The molecule has 19 heavy (non-hydrogen) atoms. The lowest BCUT2D eigenvalue weighted by atomic mass is 10.2. The number of anilines is 1. The SMILES string of the molecule is CCS(=O)(=O)NCCCNc1ccc(C#N)c(Cl)c1. The standard InChI is InChI=1S/C12H16ClN3O2S/c1-2-19(17,18)16-7-3-6-15-11-5-4-10(9-14)12(13)8-11/h4-5,8,15-16H,2-3,6-7H2,1H3. The summed E-state index contributed by atoms with van der Waals surface area (Å²) in [6, 6.07) is 7.07. The number of hydrogen-bond donors (Lipinski definition) is 2. The van der Waals surface area contributed by atoms with Crippen LogP contribution in [-0.2, 0) is 10.0 Å². The van der Waals surface area contributed by atoms with Crippen molar-refractivity contribution in [3.63, 3.8) is 0 Å². The molecule has 0 saturated heterocycles. The smallest absolute Gasteiger partial charge is 0.211 e. The van der Waals surface area contributed by atoms with Gasteiger partial charge in [-0.3, -0.25) is 0 Å². The van der Waals surface area contributed by atoms with Crippen LogP contribution in [0.25, 0.3) is 0 Å². The van der Waals surface area contributed by atoms with Crippen LogP contribution in [0.3, 0.4) is 0 Å². The normalized spacial score (nSPS) is 11.0. The molecule has 2 N–H and O–H groups in total. The highest BCUT2D eigenvalue weighted by Gasteiger charge is 2.04. The van der Waals surface area contributed by atoms with E-state index in [9.17, 15) is 8.42 Å². The van der Waals surface area contributed by atoms with Crippen molar-refractivity contribution in [1.29, 1.82) is 5.26 Å². The van der Waals surface area contributed by atoms with Gasteiger partial charge in [-0.2, -0.15) is 5.26 Å². The molecule has 5 nitrogen and oxygen atoms in total. The summed E-state index contributed by atoms with van der Waals surface area (Å²) in [6.07, 6.45) is 0.664. The number of nitrogens with zero attached hydrogens (tertiary/aromatic N) is 1. The second kappa shape index (κ2) is 7.34. The maximum atomic E-state index is 11.2. The van der Waals surface area contributed by atoms with Gasteiger partial charge in [0.05, 0.1) is 16.3 Å². The fourth-order valence-electron chi connectivity index (χ4n) is 1.37. The highest BCUT2D eigenvalue weighted by atomic mass is 35.5. The van der Waals surface area contributed by atoms with Gasteiger partial charge in [0.2, 0.25) is 10.0 Å². The monoisotopic (exact) mass is 301 g/mol. The highest BCUT2D eigenvalue weighted by molar-refractivity contribution is 7.89. The van der Waals surface area contributed by atoms with Crippen LogP contribution in [0.15, 0.2) is 18.2 Å². The molecule has 0 bridgehead atoms. The number of halogens is 1. The van der Waals surface area contributed by atoms with E-state index in [1.165, 1.54) is 0 Å². The van der Waals surface area contributed by atoms with Crippen LogP contribution in [0.1, 0.15) is 18.9 Å². The third-order valence-electron chi connectivity index (χ3n) is 2.47. The highest BCUT2D eigenvalue weighted by Crippen LogP contribution is 2.19. The van der Waals surface area contributed by atoms with Crippen molar-refractivity contribution >= 4 is 27.3 Å². The van der Waals surface area contributed by atoms with Crippen LogP contribution >= 0.6 is 11.6 Å². The van der Waals surface area contributed by atoms with Gasteiger partial charge in [-0.1, -0.05) is 11.6 Å². The molecule has 1 aromatic carbocycles. The lowest BCUT2D eigenvalue weighted by molar-refractivity contribution is 0.581. The van der Waals surface area contributed by atoms with Gasteiger partial charge in [-0.25, -0.2) is 13.1 Å². The van der Waals surface area contributed by atoms with Gasteiger partial charge in [0, 0.05) is 18.8 Å². The van der Waals surface area contributed by atoms with E-state index in [2.05, 4.69) is 10.0 Å². The minimum absolute atomic E-state index is 0.0889. The van der Waals surface area contributed by atoms with Crippen molar-refractivity contribution in [2.24, 2.45) is 0 Å². The van der Waals surface area contributed by atoms with Crippen LogP contribution in [0, 0.1) is 11.3 Å². The fourth-order valence-corrected chi connectivity index (χ4v) is 2.25. The van der Waals surface area contributed by atoms with E-state index in [1.807, 2.05) is 6.07 Å². The van der Waals surface area contributed by atoms with Gasteiger partial charge in [-0.05, 0) is 31.5 Å². The Morgan fingerprint density at radius 1 is 1.37 bits per heavy atom. The summed E-state index contributed by atoms with van der Waals surface area (Å²) in [4.78, 5) is 0. The summed E-state index contributed by atoms with van der Waals surface area (Å²) in [5, 5.41) is 12.2. The summed E-state index contributed by atoms with van der Waals surface area (Å²) >= 11 is 5.89. The summed E-state index contributed by atoms with van der Waals surface area (Å²) in [5.74, 6) is 0.0889. The molecular weight excluding hydrogens is 286 g/mol. The van der Waals surface area contributed by atoms with Crippen LogP contribution in [0.4, 0.5) is 5.69 Å². The minimum Gasteiger partial charge on any atom is -0.385 e. The zero-order valence-electron chi connectivity index (χ0n) is 10.6. The van der Waals surface area contributed by atoms with E-state index in [1.54, 1.807) is 25.1 Å². The molecule has 0 aliphatic rings. The number of benzene rings is 1. The number of rotatable bonds is 7. The number of sulfonamides is 1. The van der Waals surface area contributed by atoms with Gasteiger partial charge in [-0.15, -0.1) is 0 Å². The third-order valence-corrected chi connectivity index (χ3v) is 4.19. The molecule has 1 aromatic rings. The average molecular weight is 302 g/mol. The van der Waals surface area contributed by atoms with Gasteiger partial charge in [0.1, 0.15) is 6.07 Å². The first-order valence-corrected chi connectivity index (χ1v) is 7.92. The number of nitriles is 1. The Bertz CT molecular complexity index is 567. The second-order valence-electron chi connectivity index (χ2n) is 3.88. The van der Waals surface area contributed by atoms with Crippen LogP contribution in [0.5, 0.6) is 0 Å². The van der Waals surface area contributed by atoms with Crippen molar-refractivity contribution in [3.8, 4) is 6.07 Å². The van der Waals surface area contributed by atoms with E-state index in [0.29, 0.717) is 30.1 Å². The quantitative estimate of drug-likeness (QED) is 0.754. The van der Waals surface area contributed by atoms with Crippen molar-refractivity contribution in [2.75, 3.05) is 24.2 Å². The van der Waals surface area contributed by atoms with Crippen LogP contribution in [0.2, 0.25) is 5.02 Å². The van der Waals surface area contributed by atoms with Crippen LogP contribution < -0.4 is 10.0 Å². The maximum Gasteiger partial charge on any atom is 0.211 e. The van der Waals surface area contributed by atoms with E-state index in [-0.39, 0.29) is 5.75 Å². The molecule has 7 heteroatoms. The summed E-state index contributed by atoms with van der Waals surface area (Å²) in [6.45, 7) is 2.61. The topological polar surface area (TPSA) is 82.0 Å². The molecule has 0 amide bonds. The molecular formula is C12H16ClN3O2S. The molecule has 0 fully saturated rings. The average Bonchev–Trinajstić information content (AvgIpc) is 2.38. The lowest BCUT2D eigenvalue weighted by Gasteiger charge is -2.08. The molecule has 0 aliphatic carbocycles. The molecule has 0 unspecified atom stereocenters. The second-order valence-corrected chi connectivity index (χ2v) is 6.39. The molecule has 0 saturated carbocycles. The van der Waals surface area contributed by atoms with Crippen molar-refractivity contribution in [3.05, 3.63) is 28.8 Å². The predicted octanol–water partition coefficient (Wildman–Crippen LogP) is 1.95. The predicted molar refractivity (Wildman–Crippen MR) is 76.7 cm³/mol. The van der Waals surface area contributed by atoms with Crippen LogP contribution in [-0.4, -0.2) is 27.3 Å². The summed E-state index contributed by atoms with van der Waals surface area (Å²) in [7, 11) is -3.12. The molecule has 0 aliphatic heterocycles. The Morgan fingerprint density at radius 2 is 2.11 bits per heavy atom. The lowest BCUT2D eigenvalue weighted by Crippen LogP contribution is -2.27. The van der Waals surface area contributed by atoms with Crippen molar-refractivity contribution in [1.82, 2.24) is 4.72 Å². The van der Waals surface area contributed by atoms with E-state index >= 15 is 0 Å². The van der Waals surface area contributed by atoms with Gasteiger partial charge in [0.25, 0.3) is 0 Å². The molecule has 0 heterocycles. The Kier molecular flexibility index (Phi) is 6.09. The molecule has 0 atom stereocenters. The number of nitrogens with one attached hydrogen (secondary N) is 2. The zero-order valence-corrected chi connectivity index (χ0v) is 12.2. The Hall–Kier alpha value is -1.29. The first kappa shape index (κ1) is 15.8. The van der Waals surface area contributed by atoms with E-state index in [0.717, 1.165) is 5.69 Å². The van der Waals surface area contributed by atoms with Crippen molar-refractivity contribution in [2.45, 2.75) is 13.3 Å². The van der Waals surface area contributed by atoms with Gasteiger partial charge < -0.3 is 5.32 Å². The first-order valence-electron chi connectivity index (χ1n) is 5.89. The third kappa shape index (κ3) is 5.47. The van der Waals surface area contributed by atoms with Crippen molar-refractivity contribution < 1.29 is 8.42 Å². The fraction of sp³-hybridized carbons (Fsp3) is 0.417. The zero-order chi connectivity index (χ0) is 14.3. The Balaban J connectivity index is 2.35. The van der Waals surface area contributed by atoms with Gasteiger partial charge >= 0.3 is 0 Å². The molecule has 0 aromatic heterocycles. The Labute approximate surface area is 118 Å². The number of hydrogen-bond acceptors (Lipinski definition) is 4.